The summed E-state index contributed by atoms with van der Waals surface area (Å²) in [6.07, 6.45) is 0. The second kappa shape index (κ2) is 9.53. The molecule has 1 heterocycles. The number of hydrogen-bond acceptors (Lipinski definition) is 5. The van der Waals surface area contributed by atoms with Crippen molar-refractivity contribution in [1.82, 2.24) is 0 Å². The zero-order chi connectivity index (χ0) is 23.5. The second-order valence-electron chi connectivity index (χ2n) is 8.35. The highest BCUT2D eigenvalue weighted by atomic mass is 32.1. The number of rotatable bonds is 6. The number of thiophene rings is 1. The van der Waals surface area contributed by atoms with Crippen LogP contribution >= 0.6 is 11.3 Å². The van der Waals surface area contributed by atoms with E-state index < -0.39 is 11.9 Å². The van der Waals surface area contributed by atoms with Crippen LogP contribution in [0.2, 0.25) is 0 Å². The highest BCUT2D eigenvalue weighted by Crippen LogP contribution is 2.40. The minimum absolute atomic E-state index is 0.0272. The zero-order valence-electron chi connectivity index (χ0n) is 18.7. The number of anilines is 1. The van der Waals surface area contributed by atoms with Gasteiger partial charge in [0.2, 0.25) is 0 Å². The van der Waals surface area contributed by atoms with E-state index in [0.29, 0.717) is 21.9 Å². The predicted molar refractivity (Wildman–Crippen MR) is 125 cm³/mol. The maximum Gasteiger partial charge on any atom is 0.341 e. The summed E-state index contributed by atoms with van der Waals surface area (Å²) >= 11 is 1.26. The normalized spacial score (nSPS) is 11.2. The number of benzene rings is 2. The Labute approximate surface area is 191 Å². The van der Waals surface area contributed by atoms with Gasteiger partial charge >= 0.3 is 5.97 Å². The number of halogens is 1. The molecule has 7 heteroatoms. The summed E-state index contributed by atoms with van der Waals surface area (Å²) < 4.78 is 23.9. The van der Waals surface area contributed by atoms with E-state index in [-0.39, 0.29) is 23.4 Å². The molecule has 0 aliphatic carbocycles. The van der Waals surface area contributed by atoms with E-state index in [1.807, 2.05) is 31.2 Å². The van der Waals surface area contributed by atoms with Crippen LogP contribution in [0.25, 0.3) is 11.1 Å². The van der Waals surface area contributed by atoms with Gasteiger partial charge in [0.25, 0.3) is 5.91 Å². The minimum Gasteiger partial charge on any atom is -0.484 e. The average molecular weight is 456 g/mol. The van der Waals surface area contributed by atoms with Crippen LogP contribution in [0.15, 0.2) is 48.5 Å². The molecule has 3 aromatic rings. The van der Waals surface area contributed by atoms with Gasteiger partial charge in [0, 0.05) is 10.4 Å². The number of hydrogen-bond donors (Lipinski definition) is 1. The lowest BCUT2D eigenvalue weighted by Crippen LogP contribution is -2.21. The van der Waals surface area contributed by atoms with Gasteiger partial charge in [-0.2, -0.15) is 0 Å². The van der Waals surface area contributed by atoms with Crippen LogP contribution in [0.5, 0.6) is 5.75 Å². The topological polar surface area (TPSA) is 64.6 Å². The van der Waals surface area contributed by atoms with Gasteiger partial charge in [0.05, 0.1) is 7.11 Å². The zero-order valence-corrected chi connectivity index (χ0v) is 19.6. The Hall–Kier alpha value is -3.19. The fraction of sp³-hybridized carbons (Fsp3) is 0.280. The predicted octanol–water partition coefficient (Wildman–Crippen LogP) is 5.96. The van der Waals surface area contributed by atoms with Crippen LogP contribution in [-0.2, 0) is 14.9 Å². The van der Waals surface area contributed by atoms with Gasteiger partial charge < -0.3 is 14.8 Å². The van der Waals surface area contributed by atoms with Crippen LogP contribution < -0.4 is 10.1 Å². The lowest BCUT2D eigenvalue weighted by Gasteiger charge is -2.19. The summed E-state index contributed by atoms with van der Waals surface area (Å²) in [5.41, 5.74) is 2.70. The van der Waals surface area contributed by atoms with Crippen LogP contribution in [0.3, 0.4) is 0 Å². The van der Waals surface area contributed by atoms with Gasteiger partial charge in [0.15, 0.2) is 6.61 Å². The van der Waals surface area contributed by atoms with E-state index in [1.165, 1.54) is 36.1 Å². The van der Waals surface area contributed by atoms with Crippen LogP contribution in [0, 0.1) is 12.7 Å². The van der Waals surface area contributed by atoms with Crippen molar-refractivity contribution < 1.29 is 23.5 Å². The molecule has 0 spiro atoms. The van der Waals surface area contributed by atoms with E-state index >= 15 is 0 Å². The Morgan fingerprint density at radius 2 is 1.66 bits per heavy atom. The largest absolute Gasteiger partial charge is 0.484 e. The molecular formula is C25H26FNO4S. The quantitative estimate of drug-likeness (QED) is 0.466. The molecule has 5 nitrogen and oxygen atoms in total. The first-order valence-electron chi connectivity index (χ1n) is 10.1. The molecule has 1 amide bonds. The summed E-state index contributed by atoms with van der Waals surface area (Å²) in [7, 11) is 1.28. The first kappa shape index (κ1) is 23.5. The summed E-state index contributed by atoms with van der Waals surface area (Å²) in [6.45, 7) is 7.99. The molecule has 0 unspecified atom stereocenters. The lowest BCUT2D eigenvalue weighted by atomic mass is 9.87. The third-order valence-electron chi connectivity index (χ3n) is 4.95. The number of nitrogens with one attached hydrogen (secondary N) is 1. The van der Waals surface area contributed by atoms with E-state index in [9.17, 15) is 14.0 Å². The van der Waals surface area contributed by atoms with Gasteiger partial charge in [-0.05, 0) is 47.7 Å². The second-order valence-corrected chi connectivity index (χ2v) is 9.57. The fourth-order valence-corrected chi connectivity index (χ4v) is 4.34. The number of methoxy groups -OCH3 is 1. The molecule has 32 heavy (non-hydrogen) atoms. The van der Waals surface area contributed by atoms with Gasteiger partial charge in [-0.3, -0.25) is 4.79 Å². The number of amides is 1. The molecule has 1 N–H and O–H groups in total. The van der Waals surface area contributed by atoms with Crippen molar-refractivity contribution in [3.05, 3.63) is 70.4 Å². The van der Waals surface area contributed by atoms with Crippen molar-refractivity contribution in [2.45, 2.75) is 33.1 Å². The van der Waals surface area contributed by atoms with Gasteiger partial charge in [-0.1, -0.05) is 45.0 Å². The van der Waals surface area contributed by atoms with E-state index in [4.69, 9.17) is 9.47 Å². The molecule has 0 bridgehead atoms. The van der Waals surface area contributed by atoms with Crippen molar-refractivity contribution in [2.75, 3.05) is 19.0 Å². The maximum atomic E-state index is 13.4. The summed E-state index contributed by atoms with van der Waals surface area (Å²) in [4.78, 5) is 25.9. The molecule has 0 aliphatic rings. The molecule has 0 saturated heterocycles. The van der Waals surface area contributed by atoms with Crippen molar-refractivity contribution in [3.8, 4) is 16.9 Å². The van der Waals surface area contributed by atoms with Crippen molar-refractivity contribution >= 4 is 28.2 Å². The molecule has 0 aliphatic heterocycles. The Morgan fingerprint density at radius 1 is 1.03 bits per heavy atom. The van der Waals surface area contributed by atoms with Crippen molar-refractivity contribution in [1.29, 1.82) is 0 Å². The number of carbonyl (C=O) groups excluding carboxylic acids is 2. The monoisotopic (exact) mass is 455 g/mol. The van der Waals surface area contributed by atoms with Crippen LogP contribution in [0.4, 0.5) is 9.39 Å². The van der Waals surface area contributed by atoms with Crippen LogP contribution in [-0.4, -0.2) is 25.6 Å². The molecule has 168 valence electrons. The Balaban J connectivity index is 1.78. The smallest absolute Gasteiger partial charge is 0.341 e. The summed E-state index contributed by atoms with van der Waals surface area (Å²) in [6, 6.07) is 13.4. The molecular weight excluding hydrogens is 429 g/mol. The number of carbonyl (C=O) groups is 2. The molecule has 0 saturated carbocycles. The minimum atomic E-state index is -0.581. The Kier molecular flexibility index (Phi) is 6.99. The number of esters is 1. The highest BCUT2D eigenvalue weighted by Gasteiger charge is 2.25. The number of ether oxygens (including phenoxy) is 2. The molecule has 0 fully saturated rings. The molecule has 3 rings (SSSR count). The standard InChI is InChI=1S/C25H26FNO4S/c1-15-21(16-6-10-18(26)11-7-16)22(24(29)30-5)23(32-15)27-20(28)14-31-19-12-8-17(9-13-19)25(2,3)4/h6-13H,14H2,1-5H3,(H,27,28). The van der Waals surface area contributed by atoms with Crippen molar-refractivity contribution in [2.24, 2.45) is 0 Å². The molecule has 0 atom stereocenters. The van der Waals surface area contributed by atoms with E-state index in [1.54, 1.807) is 12.1 Å². The first-order valence-corrected chi connectivity index (χ1v) is 10.9. The SMILES string of the molecule is COC(=O)c1c(NC(=O)COc2ccc(C(C)(C)C)cc2)sc(C)c1-c1ccc(F)cc1. The van der Waals surface area contributed by atoms with Gasteiger partial charge in [-0.15, -0.1) is 11.3 Å². The lowest BCUT2D eigenvalue weighted by molar-refractivity contribution is -0.118. The molecule has 2 aromatic carbocycles. The first-order chi connectivity index (χ1) is 15.1. The molecule has 1 aromatic heterocycles. The van der Waals surface area contributed by atoms with E-state index in [2.05, 4.69) is 26.1 Å². The van der Waals surface area contributed by atoms with E-state index in [0.717, 1.165) is 4.88 Å². The highest BCUT2D eigenvalue weighted by molar-refractivity contribution is 7.17. The Bertz CT molecular complexity index is 1110. The van der Waals surface area contributed by atoms with Gasteiger partial charge in [0.1, 0.15) is 22.1 Å². The average Bonchev–Trinajstić information content (AvgIpc) is 3.07. The maximum absolute atomic E-state index is 13.4. The molecule has 0 radical (unpaired) electrons. The third kappa shape index (κ3) is 5.34. The summed E-state index contributed by atoms with van der Waals surface area (Å²) in [5, 5.41) is 3.12. The summed E-state index contributed by atoms with van der Waals surface area (Å²) in [5.74, 6) is -0.775. The number of aryl methyl sites for hydroxylation is 1. The van der Waals surface area contributed by atoms with Crippen LogP contribution in [0.1, 0.15) is 41.6 Å². The van der Waals surface area contributed by atoms with Gasteiger partial charge in [-0.25, -0.2) is 9.18 Å². The van der Waals surface area contributed by atoms with Crippen molar-refractivity contribution in [3.63, 3.8) is 0 Å². The third-order valence-corrected chi connectivity index (χ3v) is 5.97. The fourth-order valence-electron chi connectivity index (χ4n) is 3.26. The Morgan fingerprint density at radius 3 is 2.22 bits per heavy atom.